The van der Waals surface area contributed by atoms with Gasteiger partial charge in [0.1, 0.15) is 0 Å². The standard InChI is InChI=1S/C13H13N3S2/c1-2-7-14-12(17)15-8-10-5-3-4-6-11(10)9-16(15)13(14)18/h2-6H,1,7-9H2. The van der Waals surface area contributed by atoms with Gasteiger partial charge in [-0.15, -0.1) is 6.58 Å². The lowest BCUT2D eigenvalue weighted by atomic mass is 10.1. The molecule has 0 aliphatic carbocycles. The van der Waals surface area contributed by atoms with E-state index in [0.29, 0.717) is 6.54 Å². The summed E-state index contributed by atoms with van der Waals surface area (Å²) in [5, 5.41) is 0. The van der Waals surface area contributed by atoms with E-state index in [1.54, 1.807) is 0 Å². The topological polar surface area (TPSA) is 14.8 Å². The Balaban J connectivity index is 2.20. The first-order valence-corrected chi connectivity index (χ1v) is 6.62. The second-order valence-electron chi connectivity index (χ2n) is 4.35. The first kappa shape index (κ1) is 11.6. The highest BCUT2D eigenvalue weighted by molar-refractivity contribution is 7.72. The predicted molar refractivity (Wildman–Crippen MR) is 76.9 cm³/mol. The van der Waals surface area contributed by atoms with E-state index < -0.39 is 0 Å². The van der Waals surface area contributed by atoms with Crippen molar-refractivity contribution in [3.8, 4) is 0 Å². The molecule has 92 valence electrons. The average Bonchev–Trinajstić information content (AvgIpc) is 2.62. The van der Waals surface area contributed by atoms with Crippen LogP contribution in [-0.2, 0) is 19.6 Å². The number of benzene rings is 1. The van der Waals surface area contributed by atoms with Gasteiger partial charge in [-0.25, -0.2) is 0 Å². The van der Waals surface area contributed by atoms with E-state index in [2.05, 4.69) is 40.2 Å². The van der Waals surface area contributed by atoms with Crippen LogP contribution in [0.15, 0.2) is 36.9 Å². The summed E-state index contributed by atoms with van der Waals surface area (Å²) in [7, 11) is 0. The summed E-state index contributed by atoms with van der Waals surface area (Å²) >= 11 is 11.0. The van der Waals surface area contributed by atoms with Crippen LogP contribution < -0.4 is 0 Å². The van der Waals surface area contributed by atoms with Gasteiger partial charge in [0.25, 0.3) is 0 Å². The van der Waals surface area contributed by atoms with Crippen LogP contribution in [0.5, 0.6) is 0 Å². The first-order chi connectivity index (χ1) is 8.72. The molecule has 5 heteroatoms. The van der Waals surface area contributed by atoms with Gasteiger partial charge in [0, 0.05) is 6.54 Å². The fraction of sp³-hybridized carbons (Fsp3) is 0.231. The molecule has 0 atom stereocenters. The zero-order chi connectivity index (χ0) is 12.7. The highest BCUT2D eigenvalue weighted by atomic mass is 32.1. The average molecular weight is 275 g/mol. The lowest BCUT2D eigenvalue weighted by Crippen LogP contribution is -2.21. The van der Waals surface area contributed by atoms with Gasteiger partial charge in [0.15, 0.2) is 9.54 Å². The van der Waals surface area contributed by atoms with Gasteiger partial charge in [-0.1, -0.05) is 30.3 Å². The lowest BCUT2D eigenvalue weighted by molar-refractivity contribution is 0.475. The molecule has 0 saturated carbocycles. The fourth-order valence-corrected chi connectivity index (χ4v) is 3.05. The minimum Gasteiger partial charge on any atom is -0.289 e. The molecule has 18 heavy (non-hydrogen) atoms. The summed E-state index contributed by atoms with van der Waals surface area (Å²) in [6, 6.07) is 8.42. The lowest BCUT2D eigenvalue weighted by Gasteiger charge is -2.20. The molecule has 1 aromatic heterocycles. The third-order valence-electron chi connectivity index (χ3n) is 3.27. The van der Waals surface area contributed by atoms with Crippen molar-refractivity contribution in [1.29, 1.82) is 0 Å². The van der Waals surface area contributed by atoms with Crippen molar-refractivity contribution in [1.82, 2.24) is 13.9 Å². The number of allylic oxidation sites excluding steroid dienone is 1. The third kappa shape index (κ3) is 1.62. The van der Waals surface area contributed by atoms with Gasteiger partial charge >= 0.3 is 0 Å². The summed E-state index contributed by atoms with van der Waals surface area (Å²) in [5.74, 6) is 0. The number of rotatable bonds is 2. The number of aromatic nitrogens is 3. The molecule has 2 aromatic rings. The van der Waals surface area contributed by atoms with E-state index in [1.165, 1.54) is 11.1 Å². The second kappa shape index (κ2) is 4.33. The number of fused-ring (bicyclic) bond motifs is 2. The fourth-order valence-electron chi connectivity index (χ4n) is 2.35. The molecular formula is C13H13N3S2. The smallest absolute Gasteiger partial charge is 0.197 e. The molecule has 0 radical (unpaired) electrons. The van der Waals surface area contributed by atoms with Crippen molar-refractivity contribution >= 4 is 24.4 Å². The summed E-state index contributed by atoms with van der Waals surface area (Å²) < 4.78 is 7.64. The second-order valence-corrected chi connectivity index (χ2v) is 5.08. The van der Waals surface area contributed by atoms with Gasteiger partial charge in [-0.05, 0) is 35.6 Å². The molecule has 0 amide bonds. The van der Waals surface area contributed by atoms with Gasteiger partial charge < -0.3 is 0 Å². The zero-order valence-electron chi connectivity index (χ0n) is 9.87. The Labute approximate surface area is 116 Å². The van der Waals surface area contributed by atoms with Crippen molar-refractivity contribution in [2.24, 2.45) is 0 Å². The molecule has 1 aliphatic heterocycles. The van der Waals surface area contributed by atoms with E-state index in [9.17, 15) is 0 Å². The SMILES string of the molecule is C=CCn1c(=S)n2n(c1=S)Cc1ccccc1C2. The summed E-state index contributed by atoms with van der Waals surface area (Å²) in [6.45, 7) is 6.01. The Morgan fingerprint density at radius 3 is 2.00 bits per heavy atom. The Kier molecular flexibility index (Phi) is 2.80. The van der Waals surface area contributed by atoms with Crippen LogP contribution in [0.3, 0.4) is 0 Å². The van der Waals surface area contributed by atoms with Crippen LogP contribution >= 0.6 is 24.4 Å². The van der Waals surface area contributed by atoms with Gasteiger partial charge in [0.2, 0.25) is 0 Å². The third-order valence-corrected chi connectivity index (χ3v) is 4.13. The molecule has 3 nitrogen and oxygen atoms in total. The maximum Gasteiger partial charge on any atom is 0.197 e. The van der Waals surface area contributed by atoms with Crippen LogP contribution in [0.25, 0.3) is 0 Å². The van der Waals surface area contributed by atoms with Crippen molar-refractivity contribution in [3.63, 3.8) is 0 Å². The largest absolute Gasteiger partial charge is 0.289 e. The molecule has 0 saturated heterocycles. The molecule has 0 unspecified atom stereocenters. The minimum absolute atomic E-state index is 0.668. The normalized spacial score (nSPS) is 12.9. The van der Waals surface area contributed by atoms with Crippen molar-refractivity contribution in [2.75, 3.05) is 0 Å². The first-order valence-electron chi connectivity index (χ1n) is 5.80. The maximum atomic E-state index is 5.48. The summed E-state index contributed by atoms with van der Waals surface area (Å²) in [5.41, 5.74) is 2.64. The predicted octanol–water partition coefficient (Wildman–Crippen LogP) is 3.15. The van der Waals surface area contributed by atoms with E-state index in [4.69, 9.17) is 24.4 Å². The number of nitrogens with zero attached hydrogens (tertiary/aromatic N) is 3. The van der Waals surface area contributed by atoms with Crippen molar-refractivity contribution < 1.29 is 0 Å². The van der Waals surface area contributed by atoms with Crippen molar-refractivity contribution in [2.45, 2.75) is 19.6 Å². The molecular weight excluding hydrogens is 262 g/mol. The summed E-state index contributed by atoms with van der Waals surface area (Å²) in [4.78, 5) is 0. The quantitative estimate of drug-likeness (QED) is 0.527. The van der Waals surface area contributed by atoms with E-state index in [0.717, 1.165) is 22.6 Å². The molecule has 0 N–H and O–H groups in total. The van der Waals surface area contributed by atoms with Crippen LogP contribution in [-0.4, -0.2) is 13.9 Å². The van der Waals surface area contributed by atoms with Gasteiger partial charge in [-0.3, -0.25) is 13.9 Å². The van der Waals surface area contributed by atoms with Crippen LogP contribution in [0.2, 0.25) is 0 Å². The molecule has 3 rings (SSSR count). The van der Waals surface area contributed by atoms with Crippen LogP contribution in [0.1, 0.15) is 11.1 Å². The summed E-state index contributed by atoms with van der Waals surface area (Å²) in [6.07, 6.45) is 1.82. The highest BCUT2D eigenvalue weighted by Gasteiger charge is 2.17. The van der Waals surface area contributed by atoms with E-state index in [1.807, 2.05) is 10.6 Å². The molecule has 0 bridgehead atoms. The Hall–Kier alpha value is -1.46. The van der Waals surface area contributed by atoms with Crippen LogP contribution in [0, 0.1) is 9.54 Å². The molecule has 0 spiro atoms. The highest BCUT2D eigenvalue weighted by Crippen LogP contribution is 2.19. The molecule has 2 heterocycles. The zero-order valence-corrected chi connectivity index (χ0v) is 11.5. The minimum atomic E-state index is 0.668. The maximum absolute atomic E-state index is 5.48. The number of hydrogen-bond donors (Lipinski definition) is 0. The Morgan fingerprint density at radius 2 is 1.56 bits per heavy atom. The number of hydrogen-bond acceptors (Lipinski definition) is 2. The Morgan fingerprint density at radius 1 is 1.06 bits per heavy atom. The van der Waals surface area contributed by atoms with Crippen molar-refractivity contribution in [3.05, 3.63) is 57.6 Å². The van der Waals surface area contributed by atoms with Crippen LogP contribution in [0.4, 0.5) is 0 Å². The molecule has 1 aliphatic rings. The van der Waals surface area contributed by atoms with E-state index >= 15 is 0 Å². The van der Waals surface area contributed by atoms with Gasteiger partial charge in [0.05, 0.1) is 13.1 Å². The van der Waals surface area contributed by atoms with E-state index in [-0.39, 0.29) is 0 Å². The monoisotopic (exact) mass is 275 g/mol. The molecule has 0 fully saturated rings. The Bertz CT molecular complexity index is 677. The van der Waals surface area contributed by atoms with Gasteiger partial charge in [-0.2, -0.15) is 0 Å². The molecule has 1 aromatic carbocycles.